The number of rotatable bonds is 1. The minimum atomic E-state index is 1.30. The third kappa shape index (κ3) is 2.92. The van der Waals surface area contributed by atoms with Gasteiger partial charge >= 0.3 is 0 Å². The minimum Gasteiger partial charge on any atom is -0.0894 e. The zero-order valence-electron chi connectivity index (χ0n) is 14.1. The second-order valence-corrected chi connectivity index (χ2v) is 8.41. The Hall–Kier alpha value is -1.90. The second-order valence-electron chi connectivity index (χ2n) is 6.35. The Morgan fingerprint density at radius 1 is 0.917 bits per heavy atom. The predicted octanol–water partition coefficient (Wildman–Crippen LogP) is 7.35. The molecule has 0 unspecified atom stereocenters. The van der Waals surface area contributed by atoms with Gasteiger partial charge in [-0.25, -0.2) is 0 Å². The first kappa shape index (κ1) is 15.6. The maximum atomic E-state index is 2.32. The van der Waals surface area contributed by atoms with Gasteiger partial charge in [-0.3, -0.25) is 0 Å². The molecule has 0 bridgehead atoms. The Morgan fingerprint density at radius 2 is 1.71 bits per heavy atom. The van der Waals surface area contributed by atoms with Gasteiger partial charge in [0.05, 0.1) is 0 Å². The van der Waals surface area contributed by atoms with E-state index in [4.69, 9.17) is 0 Å². The normalized spacial score (nSPS) is 15.5. The summed E-state index contributed by atoms with van der Waals surface area (Å²) in [5, 5.41) is 3.53. The van der Waals surface area contributed by atoms with Crippen molar-refractivity contribution in [2.24, 2.45) is 0 Å². The van der Waals surface area contributed by atoms with Gasteiger partial charge in [-0.05, 0) is 61.8 Å². The number of thioether (sulfide) groups is 1. The summed E-state index contributed by atoms with van der Waals surface area (Å²) >= 11 is 3.67. The molecular formula is C22H19S2+. The lowest BCUT2D eigenvalue weighted by Gasteiger charge is -2.17. The number of hydrogen-bond donors (Lipinski definition) is 0. The topological polar surface area (TPSA) is 0 Å². The Morgan fingerprint density at radius 3 is 2.58 bits per heavy atom. The average Bonchev–Trinajstić information content (AvgIpc) is 2.56. The fourth-order valence-corrected chi connectivity index (χ4v) is 5.03. The minimum absolute atomic E-state index is 1.30. The van der Waals surface area contributed by atoms with Crippen LogP contribution < -0.4 is 0 Å². The molecule has 2 heteroatoms. The highest BCUT2D eigenvalue weighted by molar-refractivity contribution is 8.03. The average molecular weight is 348 g/mol. The van der Waals surface area contributed by atoms with Gasteiger partial charge in [-0.2, -0.15) is 0 Å². The van der Waals surface area contributed by atoms with E-state index >= 15 is 0 Å². The first-order valence-electron chi connectivity index (χ1n) is 8.10. The van der Waals surface area contributed by atoms with Crippen molar-refractivity contribution in [2.45, 2.75) is 25.7 Å². The van der Waals surface area contributed by atoms with E-state index in [1.54, 1.807) is 11.3 Å². The van der Waals surface area contributed by atoms with Gasteiger partial charge in [-0.15, -0.1) is 0 Å². The zero-order valence-corrected chi connectivity index (χ0v) is 15.7. The van der Waals surface area contributed by atoms with Crippen molar-refractivity contribution in [3.8, 4) is 0 Å². The maximum absolute atomic E-state index is 2.32. The Kier molecular flexibility index (Phi) is 4.03. The summed E-state index contributed by atoms with van der Waals surface area (Å²) in [5.74, 6) is 0. The van der Waals surface area contributed by atoms with Gasteiger partial charge in [0.1, 0.15) is 0 Å². The van der Waals surface area contributed by atoms with Gasteiger partial charge in [-0.1, -0.05) is 41.1 Å². The van der Waals surface area contributed by atoms with E-state index in [-0.39, 0.29) is 0 Å². The van der Waals surface area contributed by atoms with Crippen LogP contribution in [0.15, 0.2) is 63.7 Å². The van der Waals surface area contributed by atoms with E-state index in [0.717, 1.165) is 0 Å². The fraction of sp³-hybridized carbons (Fsp3) is 0.136. The van der Waals surface area contributed by atoms with Crippen LogP contribution in [-0.2, 0) is 0 Å². The zero-order chi connectivity index (χ0) is 16.7. The smallest absolute Gasteiger partial charge is 0.0894 e. The predicted molar refractivity (Wildman–Crippen MR) is 110 cm³/mol. The van der Waals surface area contributed by atoms with Crippen molar-refractivity contribution >= 4 is 44.8 Å². The van der Waals surface area contributed by atoms with Crippen LogP contribution in [0.25, 0.3) is 21.7 Å². The van der Waals surface area contributed by atoms with Crippen molar-refractivity contribution in [2.75, 3.05) is 0 Å². The molecule has 0 atom stereocenters. The SMILES string of the molecule is CC1=C/C(=C\c2cc[s+]c3ccc(C)cc23)Sc2ccc(C)cc21. The monoisotopic (exact) mass is 347 g/mol. The van der Waals surface area contributed by atoms with Crippen LogP contribution in [0.1, 0.15) is 29.2 Å². The Labute approximate surface area is 151 Å². The highest BCUT2D eigenvalue weighted by Gasteiger charge is 2.15. The molecule has 0 N–H and O–H groups in total. The number of hydrogen-bond acceptors (Lipinski definition) is 1. The lowest BCUT2D eigenvalue weighted by molar-refractivity contribution is 1.32. The summed E-state index contributed by atoms with van der Waals surface area (Å²) in [7, 11) is 0. The van der Waals surface area contributed by atoms with Crippen molar-refractivity contribution < 1.29 is 0 Å². The molecule has 0 saturated carbocycles. The van der Waals surface area contributed by atoms with E-state index in [9.17, 15) is 0 Å². The van der Waals surface area contributed by atoms with Crippen LogP contribution in [0.5, 0.6) is 0 Å². The number of benzene rings is 2. The summed E-state index contributed by atoms with van der Waals surface area (Å²) in [6.07, 6.45) is 4.63. The number of aryl methyl sites for hydroxylation is 2. The van der Waals surface area contributed by atoms with Gasteiger partial charge in [0, 0.05) is 27.3 Å². The molecule has 0 fully saturated rings. The third-order valence-electron chi connectivity index (χ3n) is 4.33. The summed E-state index contributed by atoms with van der Waals surface area (Å²) < 4.78 is 1.34. The van der Waals surface area contributed by atoms with Gasteiger partial charge in [0.25, 0.3) is 0 Å². The lowest BCUT2D eigenvalue weighted by Crippen LogP contribution is -1.93. The molecule has 0 nitrogen and oxygen atoms in total. The van der Waals surface area contributed by atoms with E-state index in [0.29, 0.717) is 0 Å². The third-order valence-corrected chi connectivity index (χ3v) is 6.26. The molecule has 1 aromatic heterocycles. The summed E-state index contributed by atoms with van der Waals surface area (Å²) in [6, 6.07) is 15.7. The maximum Gasteiger partial charge on any atom is 0.238 e. The van der Waals surface area contributed by atoms with E-state index in [1.165, 1.54) is 47.7 Å². The molecule has 2 heterocycles. The molecule has 0 amide bonds. The molecule has 2 aromatic carbocycles. The Bertz CT molecular complexity index is 1010. The Balaban J connectivity index is 1.82. The highest BCUT2D eigenvalue weighted by Crippen LogP contribution is 2.41. The van der Waals surface area contributed by atoms with E-state index in [2.05, 4.69) is 80.8 Å². The van der Waals surface area contributed by atoms with Crippen LogP contribution in [0.3, 0.4) is 0 Å². The summed E-state index contributed by atoms with van der Waals surface area (Å²) in [5.41, 5.74) is 6.64. The fourth-order valence-electron chi connectivity index (χ4n) is 3.08. The van der Waals surface area contributed by atoms with Gasteiger partial charge in [0.15, 0.2) is 5.38 Å². The first-order valence-corrected chi connectivity index (χ1v) is 9.80. The molecule has 1 aliphatic rings. The van der Waals surface area contributed by atoms with Crippen LogP contribution in [0, 0.1) is 13.8 Å². The molecule has 118 valence electrons. The molecule has 4 rings (SSSR count). The summed E-state index contributed by atoms with van der Waals surface area (Å²) in [6.45, 7) is 6.52. The quantitative estimate of drug-likeness (QED) is 0.415. The molecule has 0 radical (unpaired) electrons. The standard InChI is InChI=1S/C22H19S2/c1-14-5-7-22-19(10-14)16(3)12-18(24-22)13-17-8-9-23-21-6-4-15(2)11-20(17)21/h4-13H,1-3H3/q+1. The lowest BCUT2D eigenvalue weighted by atomic mass is 10.0. The molecular weight excluding hydrogens is 328 g/mol. The molecule has 1 aliphatic heterocycles. The number of fused-ring (bicyclic) bond motifs is 2. The van der Waals surface area contributed by atoms with Gasteiger partial charge in [0.2, 0.25) is 16.0 Å². The number of allylic oxidation sites excluding steroid dienone is 2. The molecule has 0 spiro atoms. The molecule has 24 heavy (non-hydrogen) atoms. The van der Waals surface area contributed by atoms with E-state index in [1.807, 2.05) is 11.8 Å². The molecule has 0 saturated heterocycles. The van der Waals surface area contributed by atoms with Crippen LogP contribution in [-0.4, -0.2) is 0 Å². The largest absolute Gasteiger partial charge is 0.238 e. The van der Waals surface area contributed by atoms with Gasteiger partial charge < -0.3 is 0 Å². The summed E-state index contributed by atoms with van der Waals surface area (Å²) in [4.78, 5) is 2.66. The van der Waals surface area contributed by atoms with Crippen molar-refractivity contribution in [3.63, 3.8) is 0 Å². The van der Waals surface area contributed by atoms with Crippen LogP contribution in [0.2, 0.25) is 0 Å². The second kappa shape index (κ2) is 6.19. The molecule has 0 aliphatic carbocycles. The highest BCUT2D eigenvalue weighted by atomic mass is 32.2. The molecule has 3 aromatic rings. The van der Waals surface area contributed by atoms with Crippen LogP contribution >= 0.6 is 23.1 Å². The van der Waals surface area contributed by atoms with Crippen molar-refractivity contribution in [1.82, 2.24) is 0 Å². The van der Waals surface area contributed by atoms with Crippen molar-refractivity contribution in [1.29, 1.82) is 0 Å². The van der Waals surface area contributed by atoms with Crippen molar-refractivity contribution in [3.05, 3.63) is 81.1 Å². The van der Waals surface area contributed by atoms with E-state index < -0.39 is 0 Å². The first-order chi connectivity index (χ1) is 11.6. The van der Waals surface area contributed by atoms with Crippen LogP contribution in [0.4, 0.5) is 0 Å².